The Morgan fingerprint density at radius 3 is 3.00 bits per heavy atom. The van der Waals surface area contributed by atoms with E-state index < -0.39 is 0 Å². The molecule has 0 radical (unpaired) electrons. The molecule has 0 saturated carbocycles. The van der Waals surface area contributed by atoms with Crippen LogP contribution in [0.2, 0.25) is 0 Å². The Morgan fingerprint density at radius 1 is 1.54 bits per heavy atom. The fourth-order valence-electron chi connectivity index (χ4n) is 1.64. The second kappa shape index (κ2) is 3.20. The highest BCUT2D eigenvalue weighted by Gasteiger charge is 2.18. The Morgan fingerprint density at radius 2 is 2.31 bits per heavy atom. The van der Waals surface area contributed by atoms with Crippen LogP contribution in [0.4, 0.5) is 10.1 Å². The van der Waals surface area contributed by atoms with Crippen LogP contribution in [-0.2, 0) is 6.42 Å². The number of fused-ring (bicyclic) bond motifs is 1. The molecular weight excluding hydrogens is 187 g/mol. The lowest BCUT2D eigenvalue weighted by Gasteiger charge is -2.12. The van der Waals surface area contributed by atoms with Crippen molar-refractivity contribution in [2.75, 3.05) is 18.5 Å². The molecule has 2 nitrogen and oxygen atoms in total. The summed E-state index contributed by atoms with van der Waals surface area (Å²) in [7, 11) is 2.01. The third kappa shape index (κ3) is 1.40. The molecule has 0 aromatic heterocycles. The van der Waals surface area contributed by atoms with Crippen molar-refractivity contribution >= 4 is 17.6 Å². The van der Waals surface area contributed by atoms with E-state index in [1.54, 1.807) is 6.07 Å². The highest BCUT2D eigenvalue weighted by molar-refractivity contribution is 7.97. The van der Waals surface area contributed by atoms with Gasteiger partial charge in [0.05, 0.1) is 4.90 Å². The van der Waals surface area contributed by atoms with Gasteiger partial charge in [0.15, 0.2) is 0 Å². The maximum atomic E-state index is 13.3. The summed E-state index contributed by atoms with van der Waals surface area (Å²) in [6.45, 7) is 0.966. The van der Waals surface area contributed by atoms with Crippen LogP contribution < -0.4 is 10.0 Å². The standard InChI is InChI=1S/C9H11FN2S/c1-12-3-2-6-4-7(10)9(13-11)5-8(6)12/h4-5H,2-3,11H2,1H3. The third-order valence-corrected chi connectivity index (χ3v) is 2.95. The summed E-state index contributed by atoms with van der Waals surface area (Å²) in [4.78, 5) is 2.64. The van der Waals surface area contributed by atoms with Crippen molar-refractivity contribution in [2.24, 2.45) is 5.14 Å². The molecule has 0 unspecified atom stereocenters. The van der Waals surface area contributed by atoms with Gasteiger partial charge in [-0.15, -0.1) is 0 Å². The van der Waals surface area contributed by atoms with E-state index in [-0.39, 0.29) is 5.82 Å². The van der Waals surface area contributed by atoms with Gasteiger partial charge >= 0.3 is 0 Å². The minimum absolute atomic E-state index is 0.207. The lowest BCUT2D eigenvalue weighted by atomic mass is 10.1. The fraction of sp³-hybridized carbons (Fsp3) is 0.333. The topological polar surface area (TPSA) is 29.3 Å². The van der Waals surface area contributed by atoms with Crippen molar-refractivity contribution in [1.82, 2.24) is 0 Å². The van der Waals surface area contributed by atoms with Crippen molar-refractivity contribution in [3.8, 4) is 0 Å². The second-order valence-electron chi connectivity index (χ2n) is 3.20. The SMILES string of the molecule is CN1CCc2cc(F)c(SN)cc21. The molecule has 70 valence electrons. The Bertz CT molecular complexity index is 341. The van der Waals surface area contributed by atoms with Crippen LogP contribution in [-0.4, -0.2) is 13.6 Å². The monoisotopic (exact) mass is 198 g/mol. The van der Waals surface area contributed by atoms with Gasteiger partial charge in [-0.05, 0) is 36.1 Å². The average Bonchev–Trinajstić information content (AvgIpc) is 2.46. The summed E-state index contributed by atoms with van der Waals surface area (Å²) < 4.78 is 13.3. The number of nitrogens with zero attached hydrogens (tertiary/aromatic N) is 1. The molecular formula is C9H11FN2S. The van der Waals surface area contributed by atoms with Gasteiger partial charge in [0, 0.05) is 19.3 Å². The molecule has 0 aliphatic carbocycles. The number of rotatable bonds is 1. The van der Waals surface area contributed by atoms with Gasteiger partial charge in [-0.25, -0.2) is 4.39 Å². The van der Waals surface area contributed by atoms with E-state index in [1.807, 2.05) is 13.1 Å². The summed E-state index contributed by atoms with van der Waals surface area (Å²) in [5.74, 6) is -0.207. The third-order valence-electron chi connectivity index (χ3n) is 2.39. The van der Waals surface area contributed by atoms with Gasteiger partial charge in [-0.3, -0.25) is 5.14 Å². The Kier molecular flexibility index (Phi) is 2.17. The zero-order valence-corrected chi connectivity index (χ0v) is 8.20. The highest BCUT2D eigenvalue weighted by atomic mass is 32.2. The molecule has 2 rings (SSSR count). The van der Waals surface area contributed by atoms with Crippen LogP contribution in [0.3, 0.4) is 0 Å². The molecule has 1 aromatic rings. The van der Waals surface area contributed by atoms with E-state index in [0.29, 0.717) is 4.90 Å². The van der Waals surface area contributed by atoms with Crippen molar-refractivity contribution in [2.45, 2.75) is 11.3 Å². The normalized spacial score (nSPS) is 14.8. The van der Waals surface area contributed by atoms with Crippen molar-refractivity contribution in [3.05, 3.63) is 23.5 Å². The molecule has 4 heteroatoms. The lowest BCUT2D eigenvalue weighted by molar-refractivity contribution is 0.601. The summed E-state index contributed by atoms with van der Waals surface area (Å²) >= 11 is 0.962. The quantitative estimate of drug-likeness (QED) is 0.697. The molecule has 1 heterocycles. The van der Waals surface area contributed by atoms with Gasteiger partial charge in [0.2, 0.25) is 0 Å². The fourth-order valence-corrected chi connectivity index (χ4v) is 1.99. The summed E-state index contributed by atoms with van der Waals surface area (Å²) in [5.41, 5.74) is 2.19. The first kappa shape index (κ1) is 8.84. The molecule has 1 aliphatic heterocycles. The van der Waals surface area contributed by atoms with Crippen LogP contribution in [0.25, 0.3) is 0 Å². The lowest BCUT2D eigenvalue weighted by Crippen LogP contribution is -2.12. The van der Waals surface area contributed by atoms with Crippen molar-refractivity contribution < 1.29 is 4.39 Å². The maximum absolute atomic E-state index is 13.3. The van der Waals surface area contributed by atoms with Crippen molar-refractivity contribution in [3.63, 3.8) is 0 Å². The number of nitrogens with two attached hydrogens (primary N) is 1. The van der Waals surface area contributed by atoms with Gasteiger partial charge in [-0.1, -0.05) is 0 Å². The summed E-state index contributed by atoms with van der Waals surface area (Å²) in [5, 5.41) is 5.35. The van der Waals surface area contributed by atoms with E-state index in [2.05, 4.69) is 4.90 Å². The van der Waals surface area contributed by atoms with E-state index in [0.717, 1.165) is 36.2 Å². The van der Waals surface area contributed by atoms with E-state index >= 15 is 0 Å². The number of benzene rings is 1. The second-order valence-corrected chi connectivity index (χ2v) is 3.88. The molecule has 2 N–H and O–H groups in total. The summed E-state index contributed by atoms with van der Waals surface area (Å²) in [6.07, 6.45) is 0.929. The number of anilines is 1. The van der Waals surface area contributed by atoms with Gasteiger partial charge in [0.1, 0.15) is 5.82 Å². The van der Waals surface area contributed by atoms with Crippen molar-refractivity contribution in [1.29, 1.82) is 0 Å². The van der Waals surface area contributed by atoms with Gasteiger partial charge in [-0.2, -0.15) is 0 Å². The molecule has 0 saturated heterocycles. The summed E-state index contributed by atoms with van der Waals surface area (Å²) in [6, 6.07) is 3.41. The molecule has 13 heavy (non-hydrogen) atoms. The Hall–Kier alpha value is -0.740. The molecule has 1 aromatic carbocycles. The Balaban J connectivity index is 2.51. The number of halogens is 1. The smallest absolute Gasteiger partial charge is 0.138 e. The number of hydrogen-bond acceptors (Lipinski definition) is 3. The molecule has 0 fully saturated rings. The first-order valence-corrected chi connectivity index (χ1v) is 5.00. The Labute approximate surface area is 81.0 Å². The molecule has 0 spiro atoms. The molecule has 1 aliphatic rings. The molecule has 0 bridgehead atoms. The van der Waals surface area contributed by atoms with Crippen LogP contribution in [0, 0.1) is 5.82 Å². The van der Waals surface area contributed by atoms with Crippen LogP contribution in [0.15, 0.2) is 17.0 Å². The predicted molar refractivity (Wildman–Crippen MR) is 53.4 cm³/mol. The minimum atomic E-state index is -0.207. The largest absolute Gasteiger partial charge is 0.374 e. The number of likely N-dealkylation sites (N-methyl/N-ethyl adjacent to an activating group) is 1. The van der Waals surface area contributed by atoms with Crippen LogP contribution in [0.1, 0.15) is 5.56 Å². The molecule has 0 atom stereocenters. The van der Waals surface area contributed by atoms with E-state index in [1.165, 1.54) is 0 Å². The zero-order valence-electron chi connectivity index (χ0n) is 7.38. The average molecular weight is 198 g/mol. The van der Waals surface area contributed by atoms with Gasteiger partial charge < -0.3 is 4.90 Å². The zero-order chi connectivity index (χ0) is 9.42. The van der Waals surface area contributed by atoms with Crippen LogP contribution >= 0.6 is 11.9 Å². The van der Waals surface area contributed by atoms with Crippen LogP contribution in [0.5, 0.6) is 0 Å². The molecule has 0 amide bonds. The number of hydrogen-bond donors (Lipinski definition) is 1. The van der Waals surface area contributed by atoms with E-state index in [4.69, 9.17) is 5.14 Å². The van der Waals surface area contributed by atoms with Gasteiger partial charge in [0.25, 0.3) is 0 Å². The first-order valence-electron chi connectivity index (χ1n) is 4.12. The maximum Gasteiger partial charge on any atom is 0.138 e. The predicted octanol–water partition coefficient (Wildman–Crippen LogP) is 1.78. The minimum Gasteiger partial charge on any atom is -0.374 e. The highest BCUT2D eigenvalue weighted by Crippen LogP contribution is 2.31. The first-order chi connectivity index (χ1) is 6.22. The van der Waals surface area contributed by atoms with E-state index in [9.17, 15) is 4.39 Å².